The highest BCUT2D eigenvalue weighted by atomic mass is 32.2. The summed E-state index contributed by atoms with van der Waals surface area (Å²) in [6, 6.07) is 5.65. The molecule has 76 valence electrons. The maximum Gasteiger partial charge on any atom is 0.294 e. The fraction of sp³-hybridized carbons (Fsp3) is 0.125. The van der Waals surface area contributed by atoms with E-state index >= 15 is 0 Å². The molecule has 0 aliphatic heterocycles. The Bertz CT molecular complexity index is 452. The van der Waals surface area contributed by atoms with E-state index in [4.69, 9.17) is 10.3 Å². The van der Waals surface area contributed by atoms with E-state index in [-0.39, 0.29) is 16.9 Å². The number of benzene rings is 1. The van der Waals surface area contributed by atoms with Crippen LogP contribution in [0.3, 0.4) is 0 Å². The minimum atomic E-state index is -4.29. The molecule has 0 atom stereocenters. The van der Waals surface area contributed by atoms with Gasteiger partial charge in [0.2, 0.25) is 5.91 Å². The first-order valence-corrected chi connectivity index (χ1v) is 5.19. The van der Waals surface area contributed by atoms with Crippen molar-refractivity contribution in [3.8, 4) is 0 Å². The number of primary amides is 1. The summed E-state index contributed by atoms with van der Waals surface area (Å²) in [6.07, 6.45) is -0.212. The van der Waals surface area contributed by atoms with Crippen LogP contribution in [-0.4, -0.2) is 18.9 Å². The van der Waals surface area contributed by atoms with Gasteiger partial charge in [-0.25, -0.2) is 0 Å². The van der Waals surface area contributed by atoms with E-state index in [1.54, 1.807) is 6.07 Å². The minimum Gasteiger partial charge on any atom is -0.369 e. The third-order valence-corrected chi connectivity index (χ3v) is 2.57. The Balaban J connectivity index is 3.23. The monoisotopic (exact) mass is 215 g/mol. The maximum absolute atomic E-state index is 10.8. The van der Waals surface area contributed by atoms with Crippen molar-refractivity contribution in [3.05, 3.63) is 29.8 Å². The first-order valence-electron chi connectivity index (χ1n) is 3.75. The Kier molecular flexibility index (Phi) is 2.87. The smallest absolute Gasteiger partial charge is 0.294 e. The van der Waals surface area contributed by atoms with E-state index in [1.165, 1.54) is 18.2 Å². The number of rotatable bonds is 3. The first kappa shape index (κ1) is 10.7. The van der Waals surface area contributed by atoms with Gasteiger partial charge in [-0.2, -0.15) is 8.42 Å². The number of nitrogens with two attached hydrogens (primary N) is 1. The normalized spacial score (nSPS) is 11.2. The molecule has 0 aliphatic carbocycles. The molecule has 1 amide bonds. The lowest BCUT2D eigenvalue weighted by atomic mass is 10.1. The second kappa shape index (κ2) is 3.77. The topological polar surface area (TPSA) is 97.5 Å². The predicted octanol–water partition coefficient (Wildman–Crippen LogP) is -0.0389. The van der Waals surface area contributed by atoms with Crippen molar-refractivity contribution in [1.29, 1.82) is 0 Å². The van der Waals surface area contributed by atoms with Gasteiger partial charge in [0.15, 0.2) is 0 Å². The summed E-state index contributed by atoms with van der Waals surface area (Å²) in [5, 5.41) is 0. The molecular formula is C8H9NO4S. The van der Waals surface area contributed by atoms with Gasteiger partial charge in [0, 0.05) is 0 Å². The third-order valence-electron chi connectivity index (χ3n) is 1.62. The summed E-state index contributed by atoms with van der Waals surface area (Å²) in [7, 11) is -4.29. The second-order valence-corrected chi connectivity index (χ2v) is 4.12. The molecule has 6 heteroatoms. The molecule has 3 N–H and O–H groups in total. The van der Waals surface area contributed by atoms with Crippen LogP contribution >= 0.6 is 0 Å². The van der Waals surface area contributed by atoms with E-state index in [9.17, 15) is 13.2 Å². The van der Waals surface area contributed by atoms with E-state index < -0.39 is 16.0 Å². The molecule has 1 rings (SSSR count). The fourth-order valence-corrected chi connectivity index (χ4v) is 1.81. The second-order valence-electron chi connectivity index (χ2n) is 2.73. The lowest BCUT2D eigenvalue weighted by Gasteiger charge is -2.03. The molecule has 0 saturated carbocycles. The van der Waals surface area contributed by atoms with Crippen molar-refractivity contribution in [2.75, 3.05) is 0 Å². The fourth-order valence-electron chi connectivity index (χ4n) is 1.09. The molecule has 0 bridgehead atoms. The van der Waals surface area contributed by atoms with Crippen molar-refractivity contribution in [3.63, 3.8) is 0 Å². The number of hydrogen-bond donors (Lipinski definition) is 2. The van der Waals surface area contributed by atoms with Gasteiger partial charge >= 0.3 is 0 Å². The van der Waals surface area contributed by atoms with E-state index in [1.807, 2.05) is 0 Å². The van der Waals surface area contributed by atoms with Gasteiger partial charge in [-0.3, -0.25) is 9.35 Å². The zero-order valence-electron chi connectivity index (χ0n) is 7.17. The van der Waals surface area contributed by atoms with Gasteiger partial charge in [-0.1, -0.05) is 18.2 Å². The van der Waals surface area contributed by atoms with Crippen molar-refractivity contribution < 1.29 is 17.8 Å². The molecule has 1 aromatic rings. The lowest BCUT2D eigenvalue weighted by molar-refractivity contribution is -0.117. The molecule has 5 nitrogen and oxygen atoms in total. The van der Waals surface area contributed by atoms with Crippen LogP contribution in [0, 0.1) is 0 Å². The Morgan fingerprint density at radius 1 is 1.36 bits per heavy atom. The molecular weight excluding hydrogens is 206 g/mol. The van der Waals surface area contributed by atoms with Crippen LogP contribution in [0.4, 0.5) is 0 Å². The van der Waals surface area contributed by atoms with Crippen LogP contribution in [0.25, 0.3) is 0 Å². The zero-order valence-corrected chi connectivity index (χ0v) is 7.99. The van der Waals surface area contributed by atoms with Crippen LogP contribution in [0.1, 0.15) is 5.56 Å². The van der Waals surface area contributed by atoms with Gasteiger partial charge in [-0.05, 0) is 11.6 Å². The summed E-state index contributed by atoms with van der Waals surface area (Å²) in [5.41, 5.74) is 5.12. The molecule has 0 fully saturated rings. The van der Waals surface area contributed by atoms with Crippen LogP contribution < -0.4 is 5.73 Å². The molecule has 0 spiro atoms. The number of carbonyl (C=O) groups excluding carboxylic acids is 1. The maximum atomic E-state index is 10.8. The van der Waals surface area contributed by atoms with Crippen LogP contribution in [0.5, 0.6) is 0 Å². The van der Waals surface area contributed by atoms with Crippen molar-refractivity contribution >= 4 is 16.0 Å². The van der Waals surface area contributed by atoms with Gasteiger partial charge in [-0.15, -0.1) is 0 Å². The lowest BCUT2D eigenvalue weighted by Crippen LogP contribution is -2.15. The third kappa shape index (κ3) is 2.54. The Labute approximate surface area is 81.3 Å². The van der Waals surface area contributed by atoms with Crippen molar-refractivity contribution in [2.24, 2.45) is 5.73 Å². The zero-order chi connectivity index (χ0) is 10.8. The average molecular weight is 215 g/mol. The molecule has 0 saturated heterocycles. The summed E-state index contributed by atoms with van der Waals surface area (Å²) in [5.74, 6) is -0.652. The summed E-state index contributed by atoms with van der Waals surface area (Å²) >= 11 is 0. The Hall–Kier alpha value is -1.40. The molecule has 0 radical (unpaired) electrons. The highest BCUT2D eigenvalue weighted by molar-refractivity contribution is 7.85. The highest BCUT2D eigenvalue weighted by Crippen LogP contribution is 2.15. The highest BCUT2D eigenvalue weighted by Gasteiger charge is 2.15. The number of amides is 1. The minimum absolute atomic E-state index is 0.197. The van der Waals surface area contributed by atoms with E-state index in [0.29, 0.717) is 0 Å². The van der Waals surface area contributed by atoms with Gasteiger partial charge < -0.3 is 5.73 Å². The molecule has 1 aromatic carbocycles. The van der Waals surface area contributed by atoms with Crippen LogP contribution in [0.2, 0.25) is 0 Å². The van der Waals surface area contributed by atoms with Crippen molar-refractivity contribution in [1.82, 2.24) is 0 Å². The molecule has 0 heterocycles. The molecule has 0 unspecified atom stereocenters. The number of hydrogen-bond acceptors (Lipinski definition) is 3. The molecule has 14 heavy (non-hydrogen) atoms. The average Bonchev–Trinajstić information content (AvgIpc) is 2.01. The van der Waals surface area contributed by atoms with Gasteiger partial charge in [0.25, 0.3) is 10.1 Å². The SMILES string of the molecule is NC(=O)Cc1ccccc1S(=O)(=O)O. The summed E-state index contributed by atoms with van der Waals surface area (Å²) < 4.78 is 30.5. The predicted molar refractivity (Wildman–Crippen MR) is 49.2 cm³/mol. The first-order chi connectivity index (χ1) is 6.41. The van der Waals surface area contributed by atoms with Gasteiger partial charge in [0.1, 0.15) is 0 Å². The van der Waals surface area contributed by atoms with E-state index in [2.05, 4.69) is 0 Å². The Morgan fingerprint density at radius 3 is 2.43 bits per heavy atom. The van der Waals surface area contributed by atoms with Crippen LogP contribution in [0.15, 0.2) is 29.2 Å². The largest absolute Gasteiger partial charge is 0.369 e. The summed E-state index contributed by atoms with van der Waals surface area (Å²) in [6.45, 7) is 0. The summed E-state index contributed by atoms with van der Waals surface area (Å²) in [4.78, 5) is 10.3. The van der Waals surface area contributed by atoms with E-state index in [0.717, 1.165) is 0 Å². The Morgan fingerprint density at radius 2 is 1.93 bits per heavy atom. The standard InChI is InChI=1S/C8H9NO4S/c9-8(10)5-6-3-1-2-4-7(6)14(11,12)13/h1-4H,5H2,(H2,9,10)(H,11,12,13). The van der Waals surface area contributed by atoms with Crippen molar-refractivity contribution in [2.45, 2.75) is 11.3 Å². The quantitative estimate of drug-likeness (QED) is 0.691. The molecule has 0 aromatic heterocycles. The van der Waals surface area contributed by atoms with Gasteiger partial charge in [0.05, 0.1) is 11.3 Å². The molecule has 0 aliphatic rings. The number of carbonyl (C=O) groups is 1. The van der Waals surface area contributed by atoms with Crippen LogP contribution in [-0.2, 0) is 21.3 Å².